The van der Waals surface area contributed by atoms with Crippen LogP contribution in [0.25, 0.3) is 0 Å². The Bertz CT molecular complexity index is 58.3. The lowest BCUT2D eigenvalue weighted by Crippen LogP contribution is -1.91. The lowest BCUT2D eigenvalue weighted by Gasteiger charge is -1.83. The fraction of sp³-hybridized carbons (Fsp3) is 0.667. The van der Waals surface area contributed by atoms with E-state index in [-0.39, 0.29) is 16.4 Å². The lowest BCUT2D eigenvalue weighted by molar-refractivity contribution is 0.395. The van der Waals surface area contributed by atoms with E-state index < -0.39 is 0 Å². The highest BCUT2D eigenvalue weighted by atomic mass is 28.2. The molecule has 0 aromatic carbocycles. The van der Waals surface area contributed by atoms with E-state index in [2.05, 4.69) is 0 Å². The number of nitriles is 1. The molecular weight excluding hydrogens is 94.1 g/mol. The molecule has 0 radical (unpaired) electrons. The Labute approximate surface area is 39.7 Å². The summed E-state index contributed by atoms with van der Waals surface area (Å²) in [5.74, 6) is 0. The van der Waals surface area contributed by atoms with Gasteiger partial charge < -0.3 is 4.43 Å². The van der Waals surface area contributed by atoms with Gasteiger partial charge in [-0.05, 0) is 0 Å². The Morgan fingerprint density at radius 1 is 2.00 bits per heavy atom. The number of rotatable bonds is 2. The summed E-state index contributed by atoms with van der Waals surface area (Å²) in [4.78, 5) is 0. The standard InChI is InChI=1S/C3H7NOSi/c1-6-5-3-2-4/h3,6H2,1H3. The summed E-state index contributed by atoms with van der Waals surface area (Å²) in [6, 6.07) is 1.88. The van der Waals surface area contributed by atoms with Crippen LogP contribution in [0, 0.1) is 11.3 Å². The van der Waals surface area contributed by atoms with Crippen molar-refractivity contribution in [2.75, 3.05) is 6.61 Å². The second-order valence-corrected chi connectivity index (χ2v) is 1.78. The Hall–Kier alpha value is -0.333. The van der Waals surface area contributed by atoms with Gasteiger partial charge in [0.2, 0.25) is 0 Å². The first kappa shape index (κ1) is 5.67. The van der Waals surface area contributed by atoms with Gasteiger partial charge in [-0.15, -0.1) is 0 Å². The van der Waals surface area contributed by atoms with Crippen LogP contribution in [0.1, 0.15) is 0 Å². The zero-order valence-electron chi connectivity index (χ0n) is 3.77. The third kappa shape index (κ3) is 3.67. The van der Waals surface area contributed by atoms with Crippen LogP contribution in [-0.2, 0) is 4.43 Å². The molecule has 0 saturated heterocycles. The molecule has 0 aliphatic heterocycles. The molecule has 34 valence electrons. The van der Waals surface area contributed by atoms with Gasteiger partial charge in [-0.25, -0.2) is 0 Å². The minimum atomic E-state index is -0.320. The predicted octanol–water partition coefficient (Wildman–Crippen LogP) is -0.342. The molecular formula is C3H7NOSi. The van der Waals surface area contributed by atoms with Gasteiger partial charge in [0, 0.05) is 0 Å². The minimum absolute atomic E-state index is 0.280. The van der Waals surface area contributed by atoms with Crippen LogP contribution in [0.4, 0.5) is 0 Å². The maximum atomic E-state index is 7.84. The first-order valence-corrected chi connectivity index (χ1v) is 3.85. The summed E-state index contributed by atoms with van der Waals surface area (Å²) in [6.45, 7) is 2.28. The van der Waals surface area contributed by atoms with Crippen molar-refractivity contribution in [3.05, 3.63) is 0 Å². The molecule has 0 spiro atoms. The van der Waals surface area contributed by atoms with Crippen LogP contribution < -0.4 is 0 Å². The van der Waals surface area contributed by atoms with Gasteiger partial charge in [-0.3, -0.25) is 0 Å². The van der Waals surface area contributed by atoms with Crippen LogP contribution in [0.15, 0.2) is 0 Å². The van der Waals surface area contributed by atoms with E-state index in [4.69, 9.17) is 9.69 Å². The molecule has 0 heterocycles. The van der Waals surface area contributed by atoms with Crippen LogP contribution in [0.2, 0.25) is 6.55 Å². The highest BCUT2D eigenvalue weighted by molar-refractivity contribution is 6.24. The summed E-state index contributed by atoms with van der Waals surface area (Å²) >= 11 is 0. The van der Waals surface area contributed by atoms with Crippen LogP contribution in [0.3, 0.4) is 0 Å². The van der Waals surface area contributed by atoms with E-state index in [0.717, 1.165) is 0 Å². The summed E-state index contributed by atoms with van der Waals surface area (Å²) in [6.07, 6.45) is 0. The molecule has 0 aliphatic carbocycles. The van der Waals surface area contributed by atoms with Crippen molar-refractivity contribution in [2.24, 2.45) is 0 Å². The lowest BCUT2D eigenvalue weighted by atomic mass is 10.9. The monoisotopic (exact) mass is 101 g/mol. The largest absolute Gasteiger partial charge is 0.411 e. The fourth-order valence-corrected chi connectivity index (χ4v) is 0.443. The third-order valence-electron chi connectivity index (χ3n) is 0.371. The number of nitrogens with zero attached hydrogens (tertiary/aromatic N) is 1. The van der Waals surface area contributed by atoms with Gasteiger partial charge in [0.1, 0.15) is 6.61 Å². The van der Waals surface area contributed by atoms with Crippen molar-refractivity contribution >= 4 is 9.76 Å². The fourth-order valence-electron chi connectivity index (χ4n) is 0.148. The average molecular weight is 101 g/mol. The molecule has 6 heavy (non-hydrogen) atoms. The number of hydrogen-bond acceptors (Lipinski definition) is 2. The van der Waals surface area contributed by atoms with E-state index in [0.29, 0.717) is 0 Å². The highest BCUT2D eigenvalue weighted by Crippen LogP contribution is 1.62. The van der Waals surface area contributed by atoms with Gasteiger partial charge in [-0.1, -0.05) is 6.55 Å². The van der Waals surface area contributed by atoms with E-state index in [1.165, 1.54) is 0 Å². The van der Waals surface area contributed by atoms with Gasteiger partial charge in [0.25, 0.3) is 0 Å². The molecule has 0 amide bonds. The third-order valence-corrected chi connectivity index (χ3v) is 0.983. The van der Waals surface area contributed by atoms with Crippen molar-refractivity contribution in [2.45, 2.75) is 6.55 Å². The van der Waals surface area contributed by atoms with E-state index >= 15 is 0 Å². The average Bonchev–Trinajstić information content (AvgIpc) is 1.61. The molecule has 0 rings (SSSR count). The van der Waals surface area contributed by atoms with Gasteiger partial charge >= 0.3 is 0 Å². The normalized spacial score (nSPS) is 9.33. The summed E-state index contributed by atoms with van der Waals surface area (Å²) in [5.41, 5.74) is 0. The Balaban J connectivity index is 2.54. The number of hydrogen-bond donors (Lipinski definition) is 0. The van der Waals surface area contributed by atoms with Crippen LogP contribution in [-0.4, -0.2) is 16.4 Å². The Morgan fingerprint density at radius 2 is 2.67 bits per heavy atom. The molecule has 0 saturated carbocycles. The smallest absolute Gasteiger partial charge is 0.160 e. The molecule has 0 aromatic heterocycles. The Morgan fingerprint density at radius 3 is 2.83 bits per heavy atom. The summed E-state index contributed by atoms with van der Waals surface area (Å²) in [7, 11) is -0.320. The maximum Gasteiger partial charge on any atom is 0.160 e. The van der Waals surface area contributed by atoms with Gasteiger partial charge in [-0.2, -0.15) is 5.26 Å². The molecule has 3 heteroatoms. The molecule has 0 N–H and O–H groups in total. The van der Waals surface area contributed by atoms with Gasteiger partial charge in [0.15, 0.2) is 9.76 Å². The first-order chi connectivity index (χ1) is 2.91. The zero-order valence-corrected chi connectivity index (χ0v) is 5.18. The molecule has 0 bridgehead atoms. The minimum Gasteiger partial charge on any atom is -0.411 e. The van der Waals surface area contributed by atoms with Crippen molar-refractivity contribution in [1.29, 1.82) is 5.26 Å². The zero-order chi connectivity index (χ0) is 4.83. The molecule has 0 unspecified atom stereocenters. The molecule has 2 nitrogen and oxygen atoms in total. The van der Waals surface area contributed by atoms with E-state index in [1.54, 1.807) is 0 Å². The summed E-state index contributed by atoms with van der Waals surface area (Å²) in [5, 5.41) is 7.84. The SMILES string of the molecule is C[SiH2]OCC#N. The Kier molecular flexibility index (Phi) is 4.41. The second kappa shape index (κ2) is 4.67. The first-order valence-electron chi connectivity index (χ1n) is 1.86. The van der Waals surface area contributed by atoms with Gasteiger partial charge in [0.05, 0.1) is 6.07 Å². The second-order valence-electron chi connectivity index (χ2n) is 0.795. The van der Waals surface area contributed by atoms with Crippen molar-refractivity contribution in [3.8, 4) is 6.07 Å². The molecule has 0 aromatic rings. The van der Waals surface area contributed by atoms with Crippen LogP contribution >= 0.6 is 0 Å². The van der Waals surface area contributed by atoms with Crippen molar-refractivity contribution in [1.82, 2.24) is 0 Å². The molecule has 0 atom stereocenters. The van der Waals surface area contributed by atoms with Crippen molar-refractivity contribution in [3.63, 3.8) is 0 Å². The quantitative estimate of drug-likeness (QED) is 0.352. The highest BCUT2D eigenvalue weighted by Gasteiger charge is 1.71. The van der Waals surface area contributed by atoms with E-state index in [9.17, 15) is 0 Å². The van der Waals surface area contributed by atoms with E-state index in [1.807, 2.05) is 12.6 Å². The van der Waals surface area contributed by atoms with Crippen molar-refractivity contribution < 1.29 is 4.43 Å². The summed E-state index contributed by atoms with van der Waals surface area (Å²) < 4.78 is 4.76. The molecule has 0 fully saturated rings. The molecule has 0 aliphatic rings. The van der Waals surface area contributed by atoms with Crippen LogP contribution in [0.5, 0.6) is 0 Å². The topological polar surface area (TPSA) is 33.0 Å². The predicted molar refractivity (Wildman–Crippen MR) is 26.0 cm³/mol. The maximum absolute atomic E-state index is 7.84.